The van der Waals surface area contributed by atoms with Crippen LogP contribution < -0.4 is 0 Å². The topological polar surface area (TPSA) is 66.0 Å². The van der Waals surface area contributed by atoms with Gasteiger partial charge in [0.15, 0.2) is 0 Å². The lowest BCUT2D eigenvalue weighted by molar-refractivity contribution is 0.0699. The van der Waals surface area contributed by atoms with Gasteiger partial charge in [-0.05, 0) is 12.1 Å². The maximum Gasteiger partial charge on any atom is 0.336 e. The van der Waals surface area contributed by atoms with Crippen molar-refractivity contribution in [3.63, 3.8) is 0 Å². The van der Waals surface area contributed by atoms with Gasteiger partial charge in [-0.2, -0.15) is 0 Å². The molecule has 0 fully saturated rings. The summed E-state index contributed by atoms with van der Waals surface area (Å²) in [6.45, 7) is 0. The monoisotopic (exact) mass is 238 g/mol. The predicted octanol–water partition coefficient (Wildman–Crippen LogP) is 2.93. The smallest absolute Gasteiger partial charge is 0.336 e. The molecular formula is C14H10N2O2. The fraction of sp³-hybridized carbons (Fsp3) is 0. The van der Waals surface area contributed by atoms with Gasteiger partial charge >= 0.3 is 5.97 Å². The minimum Gasteiger partial charge on any atom is -0.478 e. The molecule has 4 nitrogen and oxygen atoms in total. The zero-order valence-electron chi connectivity index (χ0n) is 9.42. The molecule has 0 amide bonds. The summed E-state index contributed by atoms with van der Waals surface area (Å²) in [5, 5.41) is 9.86. The highest BCUT2D eigenvalue weighted by Crippen LogP contribution is 2.23. The van der Waals surface area contributed by atoms with Crippen LogP contribution in [0, 0.1) is 0 Å². The first kappa shape index (κ1) is 10.5. The zero-order chi connectivity index (χ0) is 12.5. The van der Waals surface area contributed by atoms with Crippen molar-refractivity contribution < 1.29 is 9.90 Å². The number of carbonyl (C=O) groups is 1. The van der Waals surface area contributed by atoms with E-state index in [-0.39, 0.29) is 5.56 Å². The number of hydrogen-bond acceptors (Lipinski definition) is 2. The number of aromatic nitrogens is 2. The Morgan fingerprint density at radius 1 is 1.17 bits per heavy atom. The van der Waals surface area contributed by atoms with Crippen molar-refractivity contribution in [3.05, 3.63) is 54.2 Å². The number of hydrogen-bond donors (Lipinski definition) is 2. The molecule has 3 rings (SSSR count). The Bertz CT molecular complexity index is 717. The summed E-state index contributed by atoms with van der Waals surface area (Å²) in [6, 6.07) is 12.8. The molecule has 4 heteroatoms. The summed E-state index contributed by atoms with van der Waals surface area (Å²) in [7, 11) is 0. The SMILES string of the molecule is O=C(O)c1cc(-c2ccccc2)nc2[nH]ccc12. The Labute approximate surface area is 103 Å². The van der Waals surface area contributed by atoms with E-state index in [1.165, 1.54) is 0 Å². The highest BCUT2D eigenvalue weighted by atomic mass is 16.4. The van der Waals surface area contributed by atoms with Crippen LogP contribution in [0.25, 0.3) is 22.3 Å². The maximum absolute atomic E-state index is 11.3. The number of aromatic amines is 1. The number of rotatable bonds is 2. The van der Waals surface area contributed by atoms with Gasteiger partial charge in [0, 0.05) is 17.1 Å². The molecule has 0 saturated heterocycles. The largest absolute Gasteiger partial charge is 0.478 e. The van der Waals surface area contributed by atoms with Crippen LogP contribution >= 0.6 is 0 Å². The summed E-state index contributed by atoms with van der Waals surface area (Å²) in [5.41, 5.74) is 2.41. The minimum atomic E-state index is -0.945. The number of aromatic carboxylic acids is 1. The van der Waals surface area contributed by atoms with E-state index in [0.29, 0.717) is 16.7 Å². The van der Waals surface area contributed by atoms with Crippen molar-refractivity contribution in [2.75, 3.05) is 0 Å². The van der Waals surface area contributed by atoms with Crippen LogP contribution in [0.15, 0.2) is 48.7 Å². The molecule has 0 atom stereocenters. The van der Waals surface area contributed by atoms with Gasteiger partial charge < -0.3 is 10.1 Å². The van der Waals surface area contributed by atoms with E-state index in [1.807, 2.05) is 30.3 Å². The third kappa shape index (κ3) is 1.64. The second kappa shape index (κ2) is 4.00. The second-order valence-corrected chi connectivity index (χ2v) is 3.97. The van der Waals surface area contributed by atoms with Gasteiger partial charge in [-0.15, -0.1) is 0 Å². The molecular weight excluding hydrogens is 228 g/mol. The van der Waals surface area contributed by atoms with Gasteiger partial charge in [-0.3, -0.25) is 0 Å². The number of nitrogens with one attached hydrogen (secondary N) is 1. The number of H-pyrrole nitrogens is 1. The average molecular weight is 238 g/mol. The van der Waals surface area contributed by atoms with Gasteiger partial charge in [0.25, 0.3) is 0 Å². The molecule has 0 unspecified atom stereocenters. The summed E-state index contributed by atoms with van der Waals surface area (Å²) in [5.74, 6) is -0.945. The number of nitrogens with zero attached hydrogens (tertiary/aromatic N) is 1. The van der Waals surface area contributed by atoms with Crippen molar-refractivity contribution in [1.82, 2.24) is 9.97 Å². The molecule has 2 heterocycles. The van der Waals surface area contributed by atoms with Crippen LogP contribution in [-0.2, 0) is 0 Å². The first-order chi connectivity index (χ1) is 8.75. The predicted molar refractivity (Wildman–Crippen MR) is 68.5 cm³/mol. The second-order valence-electron chi connectivity index (χ2n) is 3.97. The number of pyridine rings is 1. The van der Waals surface area contributed by atoms with E-state index in [1.54, 1.807) is 18.3 Å². The molecule has 0 aliphatic carbocycles. The number of carboxylic acids is 1. The van der Waals surface area contributed by atoms with Gasteiger partial charge in [0.05, 0.1) is 11.3 Å². The molecule has 0 aliphatic rings. The number of fused-ring (bicyclic) bond motifs is 1. The van der Waals surface area contributed by atoms with Crippen LogP contribution in [0.3, 0.4) is 0 Å². The molecule has 1 aromatic carbocycles. The van der Waals surface area contributed by atoms with Crippen molar-refractivity contribution in [2.45, 2.75) is 0 Å². The molecule has 3 aromatic rings. The van der Waals surface area contributed by atoms with Crippen LogP contribution in [0.5, 0.6) is 0 Å². The van der Waals surface area contributed by atoms with E-state index in [9.17, 15) is 9.90 Å². The molecule has 2 aromatic heterocycles. The highest BCUT2D eigenvalue weighted by molar-refractivity contribution is 6.03. The van der Waals surface area contributed by atoms with Crippen LogP contribution in [0.2, 0.25) is 0 Å². The quantitative estimate of drug-likeness (QED) is 0.721. The van der Waals surface area contributed by atoms with Crippen molar-refractivity contribution >= 4 is 17.0 Å². The summed E-state index contributed by atoms with van der Waals surface area (Å²) in [4.78, 5) is 18.6. The van der Waals surface area contributed by atoms with E-state index >= 15 is 0 Å². The van der Waals surface area contributed by atoms with Crippen molar-refractivity contribution in [3.8, 4) is 11.3 Å². The standard InChI is InChI=1S/C14H10N2O2/c17-14(18)11-8-12(9-4-2-1-3-5-9)16-13-10(11)6-7-15-13/h1-8H,(H,15,16)(H,17,18). The van der Waals surface area contributed by atoms with Crippen molar-refractivity contribution in [1.29, 1.82) is 0 Å². The third-order valence-electron chi connectivity index (χ3n) is 2.83. The van der Waals surface area contributed by atoms with Gasteiger partial charge in [0.1, 0.15) is 5.65 Å². The Kier molecular flexibility index (Phi) is 2.34. The fourth-order valence-electron chi connectivity index (χ4n) is 1.97. The summed E-state index contributed by atoms with van der Waals surface area (Å²) < 4.78 is 0. The maximum atomic E-state index is 11.3. The van der Waals surface area contributed by atoms with Crippen LogP contribution in [0.1, 0.15) is 10.4 Å². The molecule has 0 bridgehead atoms. The van der Waals surface area contributed by atoms with E-state index in [4.69, 9.17) is 0 Å². The molecule has 18 heavy (non-hydrogen) atoms. The van der Waals surface area contributed by atoms with E-state index in [0.717, 1.165) is 5.56 Å². The first-order valence-electron chi connectivity index (χ1n) is 5.52. The normalized spacial score (nSPS) is 10.7. The molecule has 0 saturated carbocycles. The van der Waals surface area contributed by atoms with Gasteiger partial charge in [-0.1, -0.05) is 30.3 Å². The Balaban J connectivity index is 2.29. The number of benzene rings is 1. The molecule has 2 N–H and O–H groups in total. The first-order valence-corrected chi connectivity index (χ1v) is 5.52. The fourth-order valence-corrected chi connectivity index (χ4v) is 1.97. The van der Waals surface area contributed by atoms with E-state index < -0.39 is 5.97 Å². The molecule has 0 spiro atoms. The lowest BCUT2D eigenvalue weighted by atomic mass is 10.1. The Morgan fingerprint density at radius 3 is 2.67 bits per heavy atom. The Hall–Kier alpha value is -2.62. The molecule has 88 valence electrons. The zero-order valence-corrected chi connectivity index (χ0v) is 9.42. The average Bonchev–Trinajstić information content (AvgIpc) is 2.86. The highest BCUT2D eigenvalue weighted by Gasteiger charge is 2.13. The van der Waals surface area contributed by atoms with Crippen molar-refractivity contribution in [2.24, 2.45) is 0 Å². The summed E-state index contributed by atoms with van der Waals surface area (Å²) in [6.07, 6.45) is 1.69. The van der Waals surface area contributed by atoms with Gasteiger partial charge in [-0.25, -0.2) is 9.78 Å². The lowest BCUT2D eigenvalue weighted by Gasteiger charge is -2.03. The van der Waals surface area contributed by atoms with Crippen LogP contribution in [-0.4, -0.2) is 21.0 Å². The third-order valence-corrected chi connectivity index (χ3v) is 2.83. The minimum absolute atomic E-state index is 0.264. The number of carboxylic acid groups (broad SMARTS) is 1. The summed E-state index contributed by atoms with van der Waals surface area (Å²) >= 11 is 0. The Morgan fingerprint density at radius 2 is 1.94 bits per heavy atom. The molecule has 0 radical (unpaired) electrons. The lowest BCUT2D eigenvalue weighted by Crippen LogP contribution is -1.99. The molecule has 0 aliphatic heterocycles. The van der Waals surface area contributed by atoms with E-state index in [2.05, 4.69) is 9.97 Å². The van der Waals surface area contributed by atoms with Gasteiger partial charge in [0.2, 0.25) is 0 Å². The van der Waals surface area contributed by atoms with Crippen LogP contribution in [0.4, 0.5) is 0 Å².